The Bertz CT molecular complexity index is 1640. The van der Waals surface area contributed by atoms with Crippen molar-refractivity contribution in [3.63, 3.8) is 0 Å². The standard InChI is InChI=1S/C35H36ClNO4/c1-34(2,3)25-17-20(18-26(33(25)40)35(4,5)6)9-8-16-41-28-11-7-10-21-12-15-27(37-30(21)28)29-31(38)23-14-13-22(36)19-24(23)32(29)39/h7,10-15,17-19,29,40H,8-9,16H2,1-6H3. The highest BCUT2D eigenvalue weighted by atomic mass is 35.5. The van der Waals surface area contributed by atoms with Crippen molar-refractivity contribution in [3.05, 3.63) is 99.2 Å². The Labute approximate surface area is 246 Å². The number of benzene rings is 3. The van der Waals surface area contributed by atoms with Gasteiger partial charge in [0.2, 0.25) is 0 Å². The quantitative estimate of drug-likeness (QED) is 0.186. The average Bonchev–Trinajstić information content (AvgIpc) is 3.14. The number of para-hydroxylation sites is 1. The summed E-state index contributed by atoms with van der Waals surface area (Å²) in [6.45, 7) is 13.2. The number of rotatable bonds is 6. The number of phenolic OH excluding ortho intramolecular Hbond substituents is 1. The van der Waals surface area contributed by atoms with Crippen LogP contribution < -0.4 is 4.74 Å². The van der Waals surface area contributed by atoms with Crippen molar-refractivity contribution in [1.82, 2.24) is 4.98 Å². The molecule has 1 aliphatic rings. The van der Waals surface area contributed by atoms with Crippen molar-refractivity contribution >= 4 is 34.1 Å². The number of Topliss-reactive ketones (excluding diaryl/α,β-unsaturated/α-hetero) is 2. The molecule has 1 unspecified atom stereocenters. The summed E-state index contributed by atoms with van der Waals surface area (Å²) < 4.78 is 6.21. The number of nitrogens with zero attached hydrogens (tertiary/aromatic N) is 1. The second kappa shape index (κ2) is 10.6. The summed E-state index contributed by atoms with van der Waals surface area (Å²) in [6.07, 6.45) is 1.56. The van der Waals surface area contributed by atoms with Crippen molar-refractivity contribution in [2.24, 2.45) is 0 Å². The lowest BCUT2D eigenvalue weighted by atomic mass is 9.78. The summed E-state index contributed by atoms with van der Waals surface area (Å²) in [5.41, 5.74) is 4.46. The lowest BCUT2D eigenvalue weighted by Gasteiger charge is -2.28. The first kappa shape index (κ1) is 28.8. The van der Waals surface area contributed by atoms with Gasteiger partial charge in [0.25, 0.3) is 0 Å². The number of carbonyl (C=O) groups is 2. The van der Waals surface area contributed by atoms with Gasteiger partial charge in [-0.05, 0) is 70.7 Å². The summed E-state index contributed by atoms with van der Waals surface area (Å²) in [7, 11) is 0. The Morgan fingerprint density at radius 2 is 1.51 bits per heavy atom. The summed E-state index contributed by atoms with van der Waals surface area (Å²) in [4.78, 5) is 31.0. The second-order valence-corrected chi connectivity index (χ2v) is 13.3. The summed E-state index contributed by atoms with van der Waals surface area (Å²) >= 11 is 6.08. The maximum absolute atomic E-state index is 13.2. The molecule has 0 fully saturated rings. The number of halogens is 1. The van der Waals surface area contributed by atoms with Gasteiger partial charge in [-0.3, -0.25) is 9.59 Å². The largest absolute Gasteiger partial charge is 0.507 e. The number of hydrogen-bond acceptors (Lipinski definition) is 5. The number of hydrogen-bond donors (Lipinski definition) is 1. The van der Waals surface area contributed by atoms with E-state index in [1.165, 1.54) is 0 Å². The van der Waals surface area contributed by atoms with Gasteiger partial charge in [0, 0.05) is 21.5 Å². The number of fused-ring (bicyclic) bond motifs is 2. The minimum absolute atomic E-state index is 0.182. The molecule has 1 N–H and O–H groups in total. The van der Waals surface area contributed by atoms with Crippen LogP contribution >= 0.6 is 11.6 Å². The number of pyridine rings is 1. The van der Waals surface area contributed by atoms with Crippen molar-refractivity contribution in [2.75, 3.05) is 6.61 Å². The Morgan fingerprint density at radius 3 is 2.17 bits per heavy atom. The first-order chi connectivity index (χ1) is 19.3. The molecule has 0 amide bonds. The number of aromatic nitrogens is 1. The van der Waals surface area contributed by atoms with Gasteiger partial charge >= 0.3 is 0 Å². The molecule has 1 atom stereocenters. The van der Waals surface area contributed by atoms with Crippen LogP contribution in [0.15, 0.2) is 60.7 Å². The van der Waals surface area contributed by atoms with E-state index < -0.39 is 5.92 Å². The number of ether oxygens (including phenoxy) is 1. The van der Waals surface area contributed by atoms with Crippen molar-refractivity contribution < 1.29 is 19.4 Å². The molecule has 212 valence electrons. The third kappa shape index (κ3) is 5.60. The van der Waals surface area contributed by atoms with Crippen LogP contribution in [-0.2, 0) is 17.3 Å². The highest BCUT2D eigenvalue weighted by Gasteiger charge is 2.40. The number of phenols is 1. The van der Waals surface area contributed by atoms with Crippen LogP contribution in [0.3, 0.4) is 0 Å². The third-order valence-corrected chi connectivity index (χ3v) is 7.93. The molecule has 41 heavy (non-hydrogen) atoms. The van der Waals surface area contributed by atoms with E-state index in [1.54, 1.807) is 24.3 Å². The topological polar surface area (TPSA) is 76.5 Å². The minimum atomic E-state index is -0.982. The van der Waals surface area contributed by atoms with Crippen LogP contribution in [0.1, 0.15) is 97.0 Å². The first-order valence-corrected chi connectivity index (χ1v) is 14.4. The highest BCUT2D eigenvalue weighted by molar-refractivity contribution is 6.34. The van der Waals surface area contributed by atoms with Gasteiger partial charge in [-0.2, -0.15) is 0 Å². The van der Waals surface area contributed by atoms with Gasteiger partial charge in [0.05, 0.1) is 12.3 Å². The zero-order valence-electron chi connectivity index (χ0n) is 24.5. The minimum Gasteiger partial charge on any atom is -0.507 e. The van der Waals surface area contributed by atoms with Gasteiger partial charge in [-0.15, -0.1) is 0 Å². The van der Waals surface area contributed by atoms with Gasteiger partial charge in [-0.1, -0.05) is 83.5 Å². The molecule has 0 spiro atoms. The van der Waals surface area contributed by atoms with E-state index >= 15 is 0 Å². The average molecular weight is 570 g/mol. The predicted octanol–water partition coefficient (Wildman–Crippen LogP) is 8.36. The Kier molecular flexibility index (Phi) is 7.46. The molecule has 6 heteroatoms. The van der Waals surface area contributed by atoms with E-state index in [1.807, 2.05) is 24.3 Å². The highest BCUT2D eigenvalue weighted by Crippen LogP contribution is 2.40. The zero-order chi connectivity index (χ0) is 29.7. The van der Waals surface area contributed by atoms with Crippen molar-refractivity contribution in [2.45, 2.75) is 71.1 Å². The number of ketones is 2. The van der Waals surface area contributed by atoms with Gasteiger partial charge in [-0.25, -0.2) is 4.98 Å². The predicted molar refractivity (Wildman–Crippen MR) is 164 cm³/mol. The zero-order valence-corrected chi connectivity index (χ0v) is 25.2. The van der Waals surface area contributed by atoms with E-state index in [-0.39, 0.29) is 22.4 Å². The van der Waals surface area contributed by atoms with Crippen molar-refractivity contribution in [3.8, 4) is 11.5 Å². The first-order valence-electron chi connectivity index (χ1n) is 14.0. The molecule has 4 aromatic rings. The van der Waals surface area contributed by atoms with Gasteiger partial charge in [0.15, 0.2) is 11.6 Å². The van der Waals surface area contributed by atoms with Crippen LogP contribution in [0, 0.1) is 0 Å². The van der Waals surface area contributed by atoms with E-state index in [2.05, 4.69) is 53.7 Å². The third-order valence-electron chi connectivity index (χ3n) is 7.69. The van der Waals surface area contributed by atoms with E-state index in [4.69, 9.17) is 21.3 Å². The molecular formula is C35H36ClNO4. The molecule has 0 saturated carbocycles. The second-order valence-electron chi connectivity index (χ2n) is 12.9. The maximum Gasteiger partial charge on any atom is 0.180 e. The van der Waals surface area contributed by atoms with Gasteiger partial charge in [0.1, 0.15) is 22.9 Å². The summed E-state index contributed by atoms with van der Waals surface area (Å²) in [5.74, 6) is -0.530. The molecule has 1 aromatic heterocycles. The maximum atomic E-state index is 13.2. The molecule has 1 heterocycles. The molecule has 1 aliphatic carbocycles. The van der Waals surface area contributed by atoms with Crippen LogP contribution in [0.25, 0.3) is 10.9 Å². The monoisotopic (exact) mass is 569 g/mol. The van der Waals surface area contributed by atoms with Crippen LogP contribution in [-0.4, -0.2) is 28.3 Å². The Hall–Kier alpha value is -3.70. The molecule has 0 aliphatic heterocycles. The SMILES string of the molecule is CC(C)(C)c1cc(CCCOc2cccc3ccc(C4C(=O)c5ccc(Cl)cc5C4=O)nc23)cc(C(C)(C)C)c1O. The fraction of sp³-hybridized carbons (Fsp3) is 0.343. The lowest BCUT2D eigenvalue weighted by molar-refractivity contribution is 0.0888. The molecule has 0 bridgehead atoms. The molecule has 0 saturated heterocycles. The van der Waals surface area contributed by atoms with E-state index in [9.17, 15) is 14.7 Å². The normalized spacial score (nSPS) is 15.4. The Morgan fingerprint density at radius 1 is 0.854 bits per heavy atom. The summed E-state index contributed by atoms with van der Waals surface area (Å²) in [5, 5.41) is 12.3. The smallest absolute Gasteiger partial charge is 0.180 e. The molecule has 5 nitrogen and oxygen atoms in total. The van der Waals surface area contributed by atoms with Crippen LogP contribution in [0.5, 0.6) is 11.5 Å². The number of carbonyl (C=O) groups excluding carboxylic acids is 2. The summed E-state index contributed by atoms with van der Waals surface area (Å²) in [6, 6.07) is 18.3. The Balaban J connectivity index is 1.35. The number of aromatic hydroxyl groups is 1. The fourth-order valence-electron chi connectivity index (χ4n) is 5.49. The van der Waals surface area contributed by atoms with E-state index in [0.717, 1.165) is 34.9 Å². The van der Waals surface area contributed by atoms with E-state index in [0.29, 0.717) is 45.5 Å². The molecule has 0 radical (unpaired) electrons. The lowest BCUT2D eigenvalue weighted by Crippen LogP contribution is -2.18. The van der Waals surface area contributed by atoms with Crippen LogP contribution in [0.4, 0.5) is 0 Å². The molecular weight excluding hydrogens is 534 g/mol. The number of aryl methyl sites for hydroxylation is 1. The van der Waals surface area contributed by atoms with Crippen molar-refractivity contribution in [1.29, 1.82) is 0 Å². The molecule has 5 rings (SSSR count). The van der Waals surface area contributed by atoms with Crippen LogP contribution in [0.2, 0.25) is 5.02 Å². The fourth-order valence-corrected chi connectivity index (χ4v) is 5.66. The van der Waals surface area contributed by atoms with Gasteiger partial charge < -0.3 is 9.84 Å². The molecule has 3 aromatic carbocycles.